The van der Waals surface area contributed by atoms with Gasteiger partial charge in [0.15, 0.2) is 0 Å². The van der Waals surface area contributed by atoms with E-state index in [1.807, 2.05) is 80.5 Å². The van der Waals surface area contributed by atoms with Crippen LogP contribution in [0.4, 0.5) is 10.5 Å². The Morgan fingerprint density at radius 2 is 1.84 bits per heavy atom. The maximum Gasteiger partial charge on any atom is 0.319 e. The van der Waals surface area contributed by atoms with Crippen molar-refractivity contribution in [2.45, 2.75) is 13.0 Å². The Hall–Kier alpha value is -2.79. The zero-order valence-electron chi connectivity index (χ0n) is 14.7. The molecule has 0 aliphatic rings. The van der Waals surface area contributed by atoms with Crippen LogP contribution in [-0.2, 0) is 0 Å². The van der Waals surface area contributed by atoms with E-state index in [1.54, 1.807) is 0 Å². The van der Waals surface area contributed by atoms with Crippen LogP contribution in [0.25, 0.3) is 11.0 Å². The Morgan fingerprint density at radius 3 is 2.56 bits per heavy atom. The van der Waals surface area contributed by atoms with Crippen molar-refractivity contribution in [2.24, 2.45) is 0 Å². The van der Waals surface area contributed by atoms with E-state index in [0.29, 0.717) is 6.54 Å². The Bertz CT molecular complexity index is 837. The first-order chi connectivity index (χ1) is 12.0. The molecule has 5 heteroatoms. The predicted octanol–water partition coefficient (Wildman–Crippen LogP) is 4.17. The summed E-state index contributed by atoms with van der Waals surface area (Å²) in [6.07, 6.45) is 0. The van der Waals surface area contributed by atoms with Gasteiger partial charge < -0.3 is 15.1 Å². The molecule has 1 atom stereocenters. The van der Waals surface area contributed by atoms with Gasteiger partial charge in [-0.15, -0.1) is 0 Å². The Balaban J connectivity index is 1.68. The average molecular weight is 337 g/mol. The van der Waals surface area contributed by atoms with Gasteiger partial charge in [0, 0.05) is 17.6 Å². The maximum absolute atomic E-state index is 12.2. The fraction of sp³-hybridized carbons (Fsp3) is 0.250. The molecule has 0 radical (unpaired) electrons. The Morgan fingerprint density at radius 1 is 1.12 bits per heavy atom. The lowest BCUT2D eigenvalue weighted by Crippen LogP contribution is -2.36. The van der Waals surface area contributed by atoms with Crippen molar-refractivity contribution >= 4 is 22.7 Å². The van der Waals surface area contributed by atoms with Gasteiger partial charge in [0.1, 0.15) is 11.3 Å². The number of anilines is 1. The van der Waals surface area contributed by atoms with E-state index in [-0.39, 0.29) is 12.1 Å². The lowest BCUT2D eigenvalue weighted by molar-refractivity contribution is 0.235. The van der Waals surface area contributed by atoms with Crippen LogP contribution in [0.1, 0.15) is 17.4 Å². The molecular weight excluding hydrogens is 314 g/mol. The number of para-hydroxylation sites is 2. The Labute approximate surface area is 147 Å². The monoisotopic (exact) mass is 337 g/mol. The van der Waals surface area contributed by atoms with Gasteiger partial charge >= 0.3 is 6.03 Å². The first-order valence-electron chi connectivity index (χ1n) is 8.30. The van der Waals surface area contributed by atoms with E-state index >= 15 is 0 Å². The SMILES string of the molecule is Cc1ccccc1NC(=O)NC[C@H](c1cc2ccccc2o1)N(C)C. The molecule has 3 rings (SSSR count). The van der Waals surface area contributed by atoms with E-state index in [4.69, 9.17) is 4.42 Å². The highest BCUT2D eigenvalue weighted by Gasteiger charge is 2.19. The molecule has 0 aliphatic carbocycles. The second-order valence-electron chi connectivity index (χ2n) is 6.32. The van der Waals surface area contributed by atoms with Crippen molar-refractivity contribution in [3.63, 3.8) is 0 Å². The molecule has 130 valence electrons. The average Bonchev–Trinajstić information content (AvgIpc) is 3.00. The highest BCUT2D eigenvalue weighted by atomic mass is 16.3. The normalized spacial score (nSPS) is 12.3. The number of benzene rings is 2. The molecule has 25 heavy (non-hydrogen) atoms. The van der Waals surface area contributed by atoms with E-state index in [2.05, 4.69) is 10.6 Å². The van der Waals surface area contributed by atoms with Crippen LogP contribution in [0.3, 0.4) is 0 Å². The fourth-order valence-corrected chi connectivity index (χ4v) is 2.77. The molecule has 3 aromatic rings. The van der Waals surface area contributed by atoms with Crippen molar-refractivity contribution in [3.05, 3.63) is 65.9 Å². The molecule has 0 fully saturated rings. The number of hydrogen-bond donors (Lipinski definition) is 2. The molecule has 2 amide bonds. The largest absolute Gasteiger partial charge is 0.459 e. The second-order valence-corrected chi connectivity index (χ2v) is 6.32. The zero-order valence-corrected chi connectivity index (χ0v) is 14.7. The van der Waals surface area contributed by atoms with Crippen LogP contribution in [0.5, 0.6) is 0 Å². The number of likely N-dealkylation sites (N-methyl/N-ethyl adjacent to an activating group) is 1. The summed E-state index contributed by atoms with van der Waals surface area (Å²) >= 11 is 0. The molecule has 0 spiro atoms. The van der Waals surface area contributed by atoms with Crippen LogP contribution >= 0.6 is 0 Å². The van der Waals surface area contributed by atoms with Crippen molar-refractivity contribution in [1.29, 1.82) is 0 Å². The first-order valence-corrected chi connectivity index (χ1v) is 8.30. The molecule has 0 unspecified atom stereocenters. The van der Waals surface area contributed by atoms with Crippen LogP contribution in [0.15, 0.2) is 59.0 Å². The third-order valence-electron chi connectivity index (χ3n) is 4.25. The van der Waals surface area contributed by atoms with Crippen LogP contribution in [0, 0.1) is 6.92 Å². The van der Waals surface area contributed by atoms with Gasteiger partial charge in [0.25, 0.3) is 0 Å². The third-order valence-corrected chi connectivity index (χ3v) is 4.25. The maximum atomic E-state index is 12.2. The van der Waals surface area contributed by atoms with Gasteiger partial charge in [-0.25, -0.2) is 4.79 Å². The molecule has 0 saturated heterocycles. The summed E-state index contributed by atoms with van der Waals surface area (Å²) in [7, 11) is 3.94. The number of rotatable bonds is 5. The summed E-state index contributed by atoms with van der Waals surface area (Å²) in [4.78, 5) is 14.3. The smallest absolute Gasteiger partial charge is 0.319 e. The van der Waals surface area contributed by atoms with E-state index in [9.17, 15) is 4.79 Å². The highest BCUT2D eigenvalue weighted by Crippen LogP contribution is 2.26. The van der Waals surface area contributed by atoms with Crippen molar-refractivity contribution in [2.75, 3.05) is 26.0 Å². The quantitative estimate of drug-likeness (QED) is 0.735. The van der Waals surface area contributed by atoms with Crippen molar-refractivity contribution < 1.29 is 9.21 Å². The van der Waals surface area contributed by atoms with Gasteiger partial charge in [-0.3, -0.25) is 4.90 Å². The summed E-state index contributed by atoms with van der Waals surface area (Å²) in [6.45, 7) is 2.41. The summed E-state index contributed by atoms with van der Waals surface area (Å²) < 4.78 is 5.95. The topological polar surface area (TPSA) is 57.5 Å². The number of urea groups is 1. The van der Waals surface area contributed by atoms with E-state index in [0.717, 1.165) is 28.0 Å². The number of nitrogens with zero attached hydrogens (tertiary/aromatic N) is 1. The van der Waals surface area contributed by atoms with E-state index in [1.165, 1.54) is 0 Å². The molecule has 5 nitrogen and oxygen atoms in total. The van der Waals surface area contributed by atoms with E-state index < -0.39 is 0 Å². The van der Waals surface area contributed by atoms with Gasteiger partial charge in [-0.1, -0.05) is 36.4 Å². The molecule has 1 aromatic heterocycles. The van der Waals surface area contributed by atoms with Crippen molar-refractivity contribution in [1.82, 2.24) is 10.2 Å². The molecule has 0 aliphatic heterocycles. The lowest BCUT2D eigenvalue weighted by Gasteiger charge is -2.22. The number of fused-ring (bicyclic) bond motifs is 1. The zero-order chi connectivity index (χ0) is 17.8. The predicted molar refractivity (Wildman–Crippen MR) is 101 cm³/mol. The minimum Gasteiger partial charge on any atom is -0.459 e. The van der Waals surface area contributed by atoms with Gasteiger partial charge in [0.2, 0.25) is 0 Å². The number of hydrogen-bond acceptors (Lipinski definition) is 3. The molecule has 2 aromatic carbocycles. The number of carbonyl (C=O) groups excluding carboxylic acids is 1. The minimum absolute atomic E-state index is 0.0463. The van der Waals surface area contributed by atoms with Crippen LogP contribution < -0.4 is 10.6 Å². The Kier molecular flexibility index (Phi) is 5.05. The first kappa shape index (κ1) is 17.0. The number of nitrogens with one attached hydrogen (secondary N) is 2. The standard InChI is InChI=1S/C20H23N3O2/c1-14-8-4-6-10-16(14)22-20(24)21-13-17(23(2)3)19-12-15-9-5-7-11-18(15)25-19/h4-12,17H,13H2,1-3H3,(H2,21,22,24)/t17-/m1/s1. The molecule has 0 saturated carbocycles. The summed E-state index contributed by atoms with van der Waals surface area (Å²) in [5, 5.41) is 6.88. The van der Waals surface area contributed by atoms with Crippen LogP contribution in [0.2, 0.25) is 0 Å². The number of furan rings is 1. The molecule has 0 bridgehead atoms. The second kappa shape index (κ2) is 7.40. The van der Waals surface area contributed by atoms with Gasteiger partial charge in [0.05, 0.1) is 6.04 Å². The van der Waals surface area contributed by atoms with Gasteiger partial charge in [-0.05, 0) is 44.8 Å². The fourth-order valence-electron chi connectivity index (χ4n) is 2.77. The molecule has 1 heterocycles. The number of aryl methyl sites for hydroxylation is 1. The summed E-state index contributed by atoms with van der Waals surface area (Å²) in [5.41, 5.74) is 2.69. The van der Waals surface area contributed by atoms with Crippen LogP contribution in [-0.4, -0.2) is 31.6 Å². The van der Waals surface area contributed by atoms with Crippen molar-refractivity contribution in [3.8, 4) is 0 Å². The third kappa shape index (κ3) is 4.00. The summed E-state index contributed by atoms with van der Waals surface area (Å²) in [6, 6.07) is 17.4. The van der Waals surface area contributed by atoms with Gasteiger partial charge in [-0.2, -0.15) is 0 Å². The highest BCUT2D eigenvalue weighted by molar-refractivity contribution is 5.90. The summed E-state index contributed by atoms with van der Waals surface area (Å²) in [5.74, 6) is 0.836. The minimum atomic E-state index is -0.225. The lowest BCUT2D eigenvalue weighted by atomic mass is 10.2. The number of carbonyl (C=O) groups is 1. The number of amides is 2. The molecule has 2 N–H and O–H groups in total. The molecular formula is C20H23N3O2.